The number of carboxylic acid groups (broad SMARTS) is 1. The number of hydrogen-bond acceptors (Lipinski definition) is 3. The van der Waals surface area contributed by atoms with Gasteiger partial charge in [-0.3, -0.25) is 0 Å². The van der Waals surface area contributed by atoms with Crippen molar-refractivity contribution in [3.63, 3.8) is 0 Å². The molecule has 0 bridgehead atoms. The molecule has 0 heterocycles. The van der Waals surface area contributed by atoms with Crippen molar-refractivity contribution in [1.82, 2.24) is 0 Å². The topological polar surface area (TPSA) is 77.8 Å². The molecule has 9 heavy (non-hydrogen) atoms. The van der Waals surface area contributed by atoms with E-state index >= 15 is 0 Å². The van der Waals surface area contributed by atoms with Gasteiger partial charge in [0.15, 0.2) is 6.10 Å². The van der Waals surface area contributed by atoms with Crippen LogP contribution in [0.3, 0.4) is 0 Å². The van der Waals surface area contributed by atoms with E-state index in [2.05, 4.69) is 0 Å². The Labute approximate surface area is 85.9 Å². The number of carbonyl (C=O) groups is 1. The van der Waals surface area contributed by atoms with Crippen molar-refractivity contribution in [2.45, 2.75) is 6.10 Å². The fourth-order valence-corrected chi connectivity index (χ4v) is 0.0781. The van der Waals surface area contributed by atoms with E-state index in [4.69, 9.17) is 15.3 Å². The molecule has 49 valence electrons. The van der Waals surface area contributed by atoms with Gasteiger partial charge in [-0.1, -0.05) is 0 Å². The summed E-state index contributed by atoms with van der Waals surface area (Å²) in [7, 11) is 0. The Balaban J connectivity index is -0.000000180. The van der Waals surface area contributed by atoms with E-state index in [9.17, 15) is 4.79 Å². The minimum absolute atomic E-state index is 0. The van der Waals surface area contributed by atoms with Crippen LogP contribution in [0.4, 0.5) is 0 Å². The van der Waals surface area contributed by atoms with Crippen LogP contribution in [-0.4, -0.2) is 71.7 Å². The Morgan fingerprint density at radius 2 is 1.89 bits per heavy atom. The molecule has 6 heteroatoms. The molecule has 0 saturated carbocycles. The normalized spacial score (nSPS) is 10.4. The molecule has 0 aromatic carbocycles. The van der Waals surface area contributed by atoms with Gasteiger partial charge in [-0.15, -0.1) is 0 Å². The maximum atomic E-state index is 9.52. The van der Waals surface area contributed by atoms with E-state index in [1.807, 2.05) is 0 Å². The van der Waals surface area contributed by atoms with Crippen molar-refractivity contribution >= 4 is 53.6 Å². The zero-order valence-electron chi connectivity index (χ0n) is 4.69. The first-order valence-electron chi connectivity index (χ1n) is 1.70. The molecule has 0 aliphatic rings. The van der Waals surface area contributed by atoms with Crippen molar-refractivity contribution in [3.05, 3.63) is 0 Å². The Kier molecular flexibility index (Phi) is 16.7. The molecular weight excluding hydrogens is 171 g/mol. The number of aliphatic hydroxyl groups is 2. The van der Waals surface area contributed by atoms with Crippen LogP contribution in [0.5, 0.6) is 0 Å². The number of aliphatic hydroxyl groups excluding tert-OH is 2. The number of rotatable bonds is 2. The summed E-state index contributed by atoms with van der Waals surface area (Å²) in [5.74, 6) is -1.40. The Bertz CT molecular complexity index is 78.2. The molecule has 0 amide bonds. The van der Waals surface area contributed by atoms with Gasteiger partial charge in [-0.25, -0.2) is 4.79 Å². The smallest absolute Gasteiger partial charge is 0.334 e. The minimum atomic E-state index is -1.63. The number of aliphatic carboxylic acids is 1. The van der Waals surface area contributed by atoms with Crippen LogP contribution in [0.15, 0.2) is 0 Å². The summed E-state index contributed by atoms with van der Waals surface area (Å²) in [5, 5.41) is 23.7. The Morgan fingerprint density at radius 3 is 1.89 bits per heavy atom. The first-order chi connectivity index (χ1) is 3.18. The third-order valence-corrected chi connectivity index (χ3v) is 0.458. The fourth-order valence-electron chi connectivity index (χ4n) is 0.0781. The molecule has 0 fully saturated rings. The third kappa shape index (κ3) is 9.08. The van der Waals surface area contributed by atoms with Gasteiger partial charge in [-0.2, -0.15) is 0 Å². The van der Waals surface area contributed by atoms with E-state index in [0.29, 0.717) is 0 Å². The van der Waals surface area contributed by atoms with Gasteiger partial charge in [0.2, 0.25) is 0 Å². The predicted molar refractivity (Wildman–Crippen MR) is 33.4 cm³/mol. The summed E-state index contributed by atoms with van der Waals surface area (Å²) in [6.07, 6.45) is -1.63. The molecule has 0 aliphatic heterocycles. The second-order valence-electron chi connectivity index (χ2n) is 1.04. The zero-order valence-corrected chi connectivity index (χ0v) is 7.79. The second kappa shape index (κ2) is 9.08. The van der Waals surface area contributed by atoms with E-state index < -0.39 is 18.7 Å². The van der Waals surface area contributed by atoms with Crippen LogP contribution in [0, 0.1) is 0 Å². The van der Waals surface area contributed by atoms with Crippen LogP contribution < -0.4 is 0 Å². The molecule has 0 aromatic heterocycles. The quantitative estimate of drug-likeness (QED) is 0.369. The summed E-state index contributed by atoms with van der Waals surface area (Å²) >= 11 is 0. The molecule has 0 rings (SSSR count). The molecule has 0 spiro atoms. The van der Waals surface area contributed by atoms with Crippen molar-refractivity contribution < 1.29 is 20.1 Å². The molecule has 4 nitrogen and oxygen atoms in total. The standard InChI is InChI=1S/C3H6O4.Ca.P/c4-1-2(5)3(6)7;;/h2,4-5H,1H2,(H,6,7);;. The van der Waals surface area contributed by atoms with Gasteiger partial charge in [0.05, 0.1) is 6.61 Å². The van der Waals surface area contributed by atoms with Crippen molar-refractivity contribution in [2.75, 3.05) is 6.61 Å². The predicted octanol–water partition coefficient (Wildman–Crippen LogP) is -1.10. The van der Waals surface area contributed by atoms with E-state index in [1.54, 1.807) is 0 Å². The van der Waals surface area contributed by atoms with Crippen LogP contribution in [0.1, 0.15) is 0 Å². The summed E-state index contributed by atoms with van der Waals surface area (Å²) in [6, 6.07) is 0. The molecule has 5 radical (unpaired) electrons. The first kappa shape index (κ1) is 16.6. The third-order valence-electron chi connectivity index (χ3n) is 0.458. The fraction of sp³-hybridized carbons (Fsp3) is 0.667. The van der Waals surface area contributed by atoms with Crippen LogP contribution >= 0.6 is 9.90 Å². The van der Waals surface area contributed by atoms with Gasteiger partial charge in [0.1, 0.15) is 0 Å². The monoisotopic (exact) mass is 177 g/mol. The molecule has 0 saturated heterocycles. The van der Waals surface area contributed by atoms with Crippen LogP contribution in [0.2, 0.25) is 0 Å². The SMILES string of the molecule is O=C(O)C(O)CO.[Ca].[P]. The first-order valence-corrected chi connectivity index (χ1v) is 1.70. The molecular formula is C3H6CaO4P. The van der Waals surface area contributed by atoms with Gasteiger partial charge in [-0.05, 0) is 0 Å². The average molecular weight is 177 g/mol. The Morgan fingerprint density at radius 1 is 1.56 bits per heavy atom. The summed E-state index contributed by atoms with van der Waals surface area (Å²) in [6.45, 7) is -0.727. The molecule has 1 atom stereocenters. The van der Waals surface area contributed by atoms with E-state index in [-0.39, 0.29) is 47.6 Å². The van der Waals surface area contributed by atoms with Crippen LogP contribution in [0.25, 0.3) is 0 Å². The van der Waals surface area contributed by atoms with Gasteiger partial charge >= 0.3 is 5.97 Å². The van der Waals surface area contributed by atoms with Crippen molar-refractivity contribution in [2.24, 2.45) is 0 Å². The van der Waals surface area contributed by atoms with Crippen molar-refractivity contribution in [3.8, 4) is 0 Å². The molecule has 1 unspecified atom stereocenters. The van der Waals surface area contributed by atoms with Gasteiger partial charge in [0.25, 0.3) is 0 Å². The number of hydrogen-bond donors (Lipinski definition) is 3. The summed E-state index contributed by atoms with van der Waals surface area (Å²) in [5.41, 5.74) is 0. The van der Waals surface area contributed by atoms with Gasteiger partial charge in [0, 0.05) is 47.6 Å². The summed E-state index contributed by atoms with van der Waals surface area (Å²) < 4.78 is 0. The van der Waals surface area contributed by atoms with Crippen LogP contribution in [-0.2, 0) is 4.79 Å². The summed E-state index contributed by atoms with van der Waals surface area (Å²) in [4.78, 5) is 9.52. The van der Waals surface area contributed by atoms with E-state index in [0.717, 1.165) is 0 Å². The maximum absolute atomic E-state index is 9.52. The maximum Gasteiger partial charge on any atom is 0.334 e. The average Bonchev–Trinajstić information content (AvgIpc) is 1.65. The van der Waals surface area contributed by atoms with Crippen molar-refractivity contribution in [1.29, 1.82) is 0 Å². The van der Waals surface area contributed by atoms with E-state index in [1.165, 1.54) is 0 Å². The zero-order chi connectivity index (χ0) is 5.86. The minimum Gasteiger partial charge on any atom is -0.479 e. The molecule has 0 aliphatic carbocycles. The molecule has 0 aromatic rings. The van der Waals surface area contributed by atoms with Gasteiger partial charge < -0.3 is 15.3 Å². The Hall–Kier alpha value is 1.08. The number of carboxylic acids is 1. The largest absolute Gasteiger partial charge is 0.479 e. The second-order valence-corrected chi connectivity index (χ2v) is 1.04. The molecule has 3 N–H and O–H groups in total.